The fourth-order valence-electron chi connectivity index (χ4n) is 2.98. The second-order valence-corrected chi connectivity index (χ2v) is 5.85. The third kappa shape index (κ3) is 3.40. The minimum Gasteiger partial charge on any atom is -0.507 e. The van der Waals surface area contributed by atoms with Crippen molar-refractivity contribution in [1.29, 1.82) is 0 Å². The van der Waals surface area contributed by atoms with Crippen molar-refractivity contribution in [2.75, 3.05) is 6.54 Å². The topological polar surface area (TPSA) is 49.3 Å². The maximum absolute atomic E-state index is 12.2. The van der Waals surface area contributed by atoms with Crippen LogP contribution in [0.15, 0.2) is 60.7 Å². The maximum Gasteiger partial charge on any atom is 0.255 e. The molecule has 0 aliphatic carbocycles. The van der Waals surface area contributed by atoms with E-state index in [9.17, 15) is 9.90 Å². The van der Waals surface area contributed by atoms with Crippen LogP contribution >= 0.6 is 0 Å². The summed E-state index contributed by atoms with van der Waals surface area (Å²) in [5, 5.41) is 15.3. The van der Waals surface area contributed by atoms with Crippen molar-refractivity contribution in [1.82, 2.24) is 5.32 Å². The third-order valence-corrected chi connectivity index (χ3v) is 4.19. The molecular formula is C21H21NO2. The van der Waals surface area contributed by atoms with Crippen molar-refractivity contribution in [2.45, 2.75) is 19.8 Å². The number of phenols is 1. The lowest BCUT2D eigenvalue weighted by Gasteiger charge is -2.11. The van der Waals surface area contributed by atoms with Gasteiger partial charge in [0.15, 0.2) is 0 Å². The van der Waals surface area contributed by atoms with E-state index in [1.165, 1.54) is 16.3 Å². The molecule has 122 valence electrons. The summed E-state index contributed by atoms with van der Waals surface area (Å²) in [5.41, 5.74) is 2.48. The maximum atomic E-state index is 12.2. The van der Waals surface area contributed by atoms with Crippen LogP contribution in [-0.4, -0.2) is 17.6 Å². The van der Waals surface area contributed by atoms with Crippen LogP contribution in [0.3, 0.4) is 0 Å². The minimum absolute atomic E-state index is 0.0389. The Kier molecular flexibility index (Phi) is 4.80. The molecule has 0 radical (unpaired) electrons. The van der Waals surface area contributed by atoms with Crippen molar-refractivity contribution >= 4 is 16.7 Å². The molecule has 0 aliphatic rings. The fourth-order valence-corrected chi connectivity index (χ4v) is 2.98. The second-order valence-electron chi connectivity index (χ2n) is 5.85. The first-order valence-corrected chi connectivity index (χ1v) is 8.25. The van der Waals surface area contributed by atoms with E-state index in [0.29, 0.717) is 18.5 Å². The zero-order chi connectivity index (χ0) is 16.9. The van der Waals surface area contributed by atoms with Crippen LogP contribution < -0.4 is 5.32 Å². The van der Waals surface area contributed by atoms with Crippen LogP contribution in [0, 0.1) is 0 Å². The molecule has 0 atom stereocenters. The van der Waals surface area contributed by atoms with Gasteiger partial charge in [0.2, 0.25) is 0 Å². The average molecular weight is 319 g/mol. The third-order valence-electron chi connectivity index (χ3n) is 4.19. The largest absolute Gasteiger partial charge is 0.507 e. The lowest BCUT2D eigenvalue weighted by atomic mass is 9.97. The second kappa shape index (κ2) is 7.18. The van der Waals surface area contributed by atoms with Gasteiger partial charge >= 0.3 is 0 Å². The van der Waals surface area contributed by atoms with Crippen molar-refractivity contribution in [2.24, 2.45) is 0 Å². The van der Waals surface area contributed by atoms with E-state index in [4.69, 9.17) is 0 Å². The Morgan fingerprint density at radius 1 is 0.958 bits per heavy atom. The zero-order valence-electron chi connectivity index (χ0n) is 13.8. The standard InChI is InChI=1S/C21H21NO2/c1-2-22-21(24)20-17(8-5-9-19(20)23)13-11-15-10-12-16-6-3-4-7-18(16)14-15/h3-10,12,14,23H,2,11,13H2,1H3,(H,22,24). The first-order valence-electron chi connectivity index (χ1n) is 8.25. The number of rotatable bonds is 5. The van der Waals surface area contributed by atoms with Gasteiger partial charge in [-0.3, -0.25) is 4.79 Å². The Morgan fingerprint density at radius 3 is 2.54 bits per heavy atom. The molecule has 1 amide bonds. The van der Waals surface area contributed by atoms with Crippen molar-refractivity contribution in [3.05, 3.63) is 77.4 Å². The predicted molar refractivity (Wildman–Crippen MR) is 97.5 cm³/mol. The summed E-state index contributed by atoms with van der Waals surface area (Å²) in [6.45, 7) is 2.41. The molecule has 24 heavy (non-hydrogen) atoms. The van der Waals surface area contributed by atoms with Crippen LogP contribution in [0.1, 0.15) is 28.4 Å². The number of phenolic OH excluding ortho intramolecular Hbond substituents is 1. The molecule has 3 aromatic rings. The number of fused-ring (bicyclic) bond motifs is 1. The Balaban J connectivity index is 1.83. The summed E-state index contributed by atoms with van der Waals surface area (Å²) in [4.78, 5) is 12.2. The molecule has 0 spiro atoms. The Bertz CT molecular complexity index is 871. The van der Waals surface area contributed by atoms with Crippen LogP contribution in [0.2, 0.25) is 0 Å². The van der Waals surface area contributed by atoms with Crippen molar-refractivity contribution in [3.8, 4) is 5.75 Å². The van der Waals surface area contributed by atoms with Gasteiger partial charge in [-0.1, -0.05) is 54.6 Å². The van der Waals surface area contributed by atoms with Gasteiger partial charge < -0.3 is 10.4 Å². The highest BCUT2D eigenvalue weighted by Crippen LogP contribution is 2.23. The van der Waals surface area contributed by atoms with Gasteiger partial charge in [0.25, 0.3) is 5.91 Å². The van der Waals surface area contributed by atoms with E-state index < -0.39 is 0 Å². The highest BCUT2D eigenvalue weighted by molar-refractivity contribution is 5.98. The van der Waals surface area contributed by atoms with Crippen molar-refractivity contribution < 1.29 is 9.90 Å². The number of carbonyl (C=O) groups excluding carboxylic acids is 1. The van der Waals surface area contributed by atoms with Gasteiger partial charge in [-0.25, -0.2) is 0 Å². The summed E-state index contributed by atoms with van der Waals surface area (Å²) >= 11 is 0. The van der Waals surface area contributed by atoms with Crippen LogP contribution in [0.25, 0.3) is 10.8 Å². The number of aromatic hydroxyl groups is 1. The van der Waals surface area contributed by atoms with E-state index in [1.54, 1.807) is 12.1 Å². The molecule has 3 heteroatoms. The summed E-state index contributed by atoms with van der Waals surface area (Å²) in [7, 11) is 0. The number of amides is 1. The lowest BCUT2D eigenvalue weighted by Crippen LogP contribution is -2.24. The number of aryl methyl sites for hydroxylation is 2. The van der Waals surface area contributed by atoms with E-state index in [1.807, 2.05) is 25.1 Å². The molecule has 3 rings (SSSR count). The predicted octanol–water partition coefficient (Wildman–Crippen LogP) is 4.08. The molecule has 0 saturated carbocycles. The molecule has 0 heterocycles. The first kappa shape index (κ1) is 16.1. The SMILES string of the molecule is CCNC(=O)c1c(O)cccc1CCc1ccc2ccccc2c1. The molecule has 0 fully saturated rings. The van der Waals surface area contributed by atoms with E-state index in [0.717, 1.165) is 12.0 Å². The summed E-state index contributed by atoms with van der Waals surface area (Å²) in [6, 6.07) is 20.0. The molecule has 3 aromatic carbocycles. The number of nitrogens with one attached hydrogen (secondary N) is 1. The van der Waals surface area contributed by atoms with Crippen LogP contribution in [-0.2, 0) is 12.8 Å². The van der Waals surface area contributed by atoms with Gasteiger partial charge in [-0.05, 0) is 47.7 Å². The summed E-state index contributed by atoms with van der Waals surface area (Å²) in [6.07, 6.45) is 1.53. The van der Waals surface area contributed by atoms with Gasteiger partial charge in [0.1, 0.15) is 5.75 Å². The van der Waals surface area contributed by atoms with Gasteiger partial charge in [0, 0.05) is 6.54 Å². The van der Waals surface area contributed by atoms with E-state index in [2.05, 4.69) is 35.6 Å². The molecule has 3 nitrogen and oxygen atoms in total. The fraction of sp³-hybridized carbons (Fsp3) is 0.190. The zero-order valence-corrected chi connectivity index (χ0v) is 13.8. The number of benzene rings is 3. The molecule has 0 aliphatic heterocycles. The normalized spacial score (nSPS) is 10.7. The van der Waals surface area contributed by atoms with Gasteiger partial charge in [0.05, 0.1) is 5.56 Å². The average Bonchev–Trinajstić information content (AvgIpc) is 2.60. The van der Waals surface area contributed by atoms with E-state index in [-0.39, 0.29) is 11.7 Å². The molecule has 0 unspecified atom stereocenters. The number of carbonyl (C=O) groups is 1. The summed E-state index contributed by atoms with van der Waals surface area (Å²) in [5.74, 6) is -0.180. The van der Waals surface area contributed by atoms with Gasteiger partial charge in [-0.2, -0.15) is 0 Å². The Labute approximate surface area is 142 Å². The number of hydrogen-bond acceptors (Lipinski definition) is 2. The van der Waals surface area contributed by atoms with E-state index >= 15 is 0 Å². The van der Waals surface area contributed by atoms with Gasteiger partial charge in [-0.15, -0.1) is 0 Å². The minimum atomic E-state index is -0.218. The number of hydrogen-bond donors (Lipinski definition) is 2. The highest BCUT2D eigenvalue weighted by Gasteiger charge is 2.15. The Morgan fingerprint density at radius 2 is 1.75 bits per heavy atom. The van der Waals surface area contributed by atoms with Crippen molar-refractivity contribution in [3.63, 3.8) is 0 Å². The quantitative estimate of drug-likeness (QED) is 0.744. The Hall–Kier alpha value is -2.81. The monoisotopic (exact) mass is 319 g/mol. The lowest BCUT2D eigenvalue weighted by molar-refractivity contribution is 0.0952. The highest BCUT2D eigenvalue weighted by atomic mass is 16.3. The molecule has 2 N–H and O–H groups in total. The molecule has 0 aromatic heterocycles. The first-order chi connectivity index (χ1) is 11.7. The smallest absolute Gasteiger partial charge is 0.255 e. The molecule has 0 saturated heterocycles. The molecule has 0 bridgehead atoms. The summed E-state index contributed by atoms with van der Waals surface area (Å²) < 4.78 is 0. The van der Waals surface area contributed by atoms with Crippen LogP contribution in [0.4, 0.5) is 0 Å². The van der Waals surface area contributed by atoms with Crippen LogP contribution in [0.5, 0.6) is 5.75 Å². The molecular weight excluding hydrogens is 298 g/mol.